The number of phenols is 1. The summed E-state index contributed by atoms with van der Waals surface area (Å²) in [5.74, 6) is 0.319. The third-order valence-corrected chi connectivity index (χ3v) is 3.57. The van der Waals surface area contributed by atoms with Crippen LogP contribution in [0.15, 0.2) is 27.8 Å². The topological polar surface area (TPSA) is 87.1 Å². The number of aromatic amines is 1. The molecule has 0 radical (unpaired) electrons. The van der Waals surface area contributed by atoms with E-state index in [9.17, 15) is 14.7 Å². The molecule has 0 spiro atoms. The fourth-order valence-corrected chi connectivity index (χ4v) is 2.53. The first-order valence-corrected chi connectivity index (χ1v) is 6.32. The average Bonchev–Trinajstić information content (AvgIpc) is 2.89. The van der Waals surface area contributed by atoms with Gasteiger partial charge in [-0.05, 0) is 43.6 Å². The lowest BCUT2D eigenvalue weighted by molar-refractivity contribution is 0.459. The van der Waals surface area contributed by atoms with Crippen molar-refractivity contribution in [2.45, 2.75) is 13.0 Å². The van der Waals surface area contributed by atoms with Gasteiger partial charge in [-0.3, -0.25) is 9.36 Å². The number of benzene rings is 1. The van der Waals surface area contributed by atoms with Gasteiger partial charge in [0.1, 0.15) is 5.75 Å². The molecule has 6 heteroatoms. The highest BCUT2D eigenvalue weighted by Gasteiger charge is 2.17. The number of rotatable bonds is 2. The standard InChI is InChI=1S/C13H15N3O3/c17-9-1-2-11-10(5-9)12(18)16(13(19)15-11)7-8-3-4-14-6-8/h1-2,5,8,14,17H,3-4,6-7H2,(H,15,19). The first kappa shape index (κ1) is 12.0. The number of H-pyrrole nitrogens is 1. The van der Waals surface area contributed by atoms with Crippen LogP contribution in [-0.2, 0) is 6.54 Å². The van der Waals surface area contributed by atoms with Crippen molar-refractivity contribution in [3.63, 3.8) is 0 Å². The summed E-state index contributed by atoms with van der Waals surface area (Å²) in [7, 11) is 0. The highest BCUT2D eigenvalue weighted by atomic mass is 16.3. The molecule has 0 aliphatic carbocycles. The Kier molecular flexibility index (Phi) is 2.87. The van der Waals surface area contributed by atoms with E-state index >= 15 is 0 Å². The minimum Gasteiger partial charge on any atom is -0.508 e. The lowest BCUT2D eigenvalue weighted by Crippen LogP contribution is -2.37. The Morgan fingerprint density at radius 3 is 2.95 bits per heavy atom. The summed E-state index contributed by atoms with van der Waals surface area (Å²) in [5, 5.41) is 13.0. The summed E-state index contributed by atoms with van der Waals surface area (Å²) >= 11 is 0. The molecule has 1 aliphatic rings. The molecular formula is C13H15N3O3. The second kappa shape index (κ2) is 4.55. The molecule has 3 N–H and O–H groups in total. The minimum atomic E-state index is -0.393. The minimum absolute atomic E-state index is 0.0192. The molecule has 1 unspecified atom stereocenters. The maximum atomic E-state index is 12.3. The van der Waals surface area contributed by atoms with Crippen molar-refractivity contribution < 1.29 is 5.11 Å². The fourth-order valence-electron chi connectivity index (χ4n) is 2.53. The summed E-state index contributed by atoms with van der Waals surface area (Å²) in [6, 6.07) is 4.37. The quantitative estimate of drug-likeness (QED) is 0.710. The molecule has 6 nitrogen and oxygen atoms in total. The van der Waals surface area contributed by atoms with Crippen molar-refractivity contribution in [2.24, 2.45) is 5.92 Å². The van der Waals surface area contributed by atoms with Crippen molar-refractivity contribution in [1.29, 1.82) is 0 Å². The van der Waals surface area contributed by atoms with E-state index in [1.807, 2.05) is 0 Å². The number of fused-ring (bicyclic) bond motifs is 1. The van der Waals surface area contributed by atoms with Crippen molar-refractivity contribution in [3.8, 4) is 5.75 Å². The number of nitrogens with zero attached hydrogens (tertiary/aromatic N) is 1. The van der Waals surface area contributed by atoms with Gasteiger partial charge in [0.15, 0.2) is 0 Å². The Balaban J connectivity index is 2.13. The van der Waals surface area contributed by atoms with Crippen LogP contribution in [0.2, 0.25) is 0 Å². The molecule has 1 aromatic heterocycles. The molecule has 1 fully saturated rings. The first-order valence-electron chi connectivity index (χ1n) is 6.32. The normalized spacial score (nSPS) is 19.1. The van der Waals surface area contributed by atoms with E-state index in [0.29, 0.717) is 23.4 Å². The van der Waals surface area contributed by atoms with Crippen molar-refractivity contribution >= 4 is 10.9 Å². The summed E-state index contributed by atoms with van der Waals surface area (Å²) < 4.78 is 1.22. The van der Waals surface area contributed by atoms with Crippen molar-refractivity contribution in [1.82, 2.24) is 14.9 Å². The van der Waals surface area contributed by atoms with Gasteiger partial charge in [-0.1, -0.05) is 0 Å². The van der Waals surface area contributed by atoms with E-state index in [2.05, 4.69) is 10.3 Å². The Morgan fingerprint density at radius 1 is 1.37 bits per heavy atom. The zero-order valence-corrected chi connectivity index (χ0v) is 10.3. The number of hydrogen-bond donors (Lipinski definition) is 3. The zero-order valence-electron chi connectivity index (χ0n) is 10.3. The molecule has 1 atom stereocenters. The Morgan fingerprint density at radius 2 is 2.21 bits per heavy atom. The maximum absolute atomic E-state index is 12.3. The molecule has 1 aromatic carbocycles. The smallest absolute Gasteiger partial charge is 0.328 e. The molecule has 1 saturated heterocycles. The molecule has 0 amide bonds. The molecule has 2 heterocycles. The van der Waals surface area contributed by atoms with Crippen LogP contribution in [0.25, 0.3) is 10.9 Å². The van der Waals surface area contributed by atoms with Crippen molar-refractivity contribution in [3.05, 3.63) is 39.0 Å². The first-order chi connectivity index (χ1) is 9.15. The monoisotopic (exact) mass is 261 g/mol. The van der Waals surface area contributed by atoms with Crippen molar-refractivity contribution in [2.75, 3.05) is 13.1 Å². The number of hydrogen-bond acceptors (Lipinski definition) is 4. The van der Waals surface area contributed by atoms with E-state index in [1.165, 1.54) is 22.8 Å². The van der Waals surface area contributed by atoms with E-state index in [1.54, 1.807) is 0 Å². The van der Waals surface area contributed by atoms with Crippen LogP contribution in [0.5, 0.6) is 5.75 Å². The van der Waals surface area contributed by atoms with Crippen LogP contribution >= 0.6 is 0 Å². The lowest BCUT2D eigenvalue weighted by Gasteiger charge is -2.10. The number of phenolic OH excluding ortho intramolecular Hbond substituents is 1. The number of aromatic hydroxyl groups is 1. The van der Waals surface area contributed by atoms with E-state index < -0.39 is 5.69 Å². The second-order valence-corrected chi connectivity index (χ2v) is 4.93. The predicted molar refractivity (Wildman–Crippen MR) is 71.5 cm³/mol. The average molecular weight is 261 g/mol. The number of aromatic nitrogens is 2. The molecule has 19 heavy (non-hydrogen) atoms. The van der Waals surface area contributed by atoms with E-state index in [-0.39, 0.29) is 11.3 Å². The van der Waals surface area contributed by atoms with Gasteiger partial charge < -0.3 is 15.4 Å². The van der Waals surface area contributed by atoms with E-state index in [4.69, 9.17) is 0 Å². The summed E-state index contributed by atoms with van der Waals surface area (Å²) in [6.07, 6.45) is 0.962. The molecule has 1 aliphatic heterocycles. The van der Waals surface area contributed by atoms with Crippen LogP contribution < -0.4 is 16.6 Å². The molecule has 3 rings (SSSR count). The maximum Gasteiger partial charge on any atom is 0.328 e. The van der Waals surface area contributed by atoms with E-state index in [0.717, 1.165) is 19.5 Å². The van der Waals surface area contributed by atoms with Crippen LogP contribution in [0, 0.1) is 5.92 Å². The van der Waals surface area contributed by atoms with Gasteiger partial charge >= 0.3 is 5.69 Å². The van der Waals surface area contributed by atoms with Gasteiger partial charge in [0.25, 0.3) is 5.56 Å². The van der Waals surface area contributed by atoms with Gasteiger partial charge in [-0.25, -0.2) is 4.79 Å². The molecule has 2 aromatic rings. The molecule has 100 valence electrons. The molecular weight excluding hydrogens is 246 g/mol. The number of nitrogens with one attached hydrogen (secondary N) is 2. The molecule has 0 bridgehead atoms. The van der Waals surface area contributed by atoms with Crippen LogP contribution in [0.3, 0.4) is 0 Å². The largest absolute Gasteiger partial charge is 0.508 e. The Hall–Kier alpha value is -2.08. The Bertz CT molecular complexity index is 726. The highest BCUT2D eigenvalue weighted by Crippen LogP contribution is 2.14. The van der Waals surface area contributed by atoms with Gasteiger partial charge in [0.05, 0.1) is 10.9 Å². The predicted octanol–water partition coefficient (Wildman–Crippen LogP) is 0.00490. The summed E-state index contributed by atoms with van der Waals surface area (Å²) in [5.41, 5.74) is -0.287. The zero-order chi connectivity index (χ0) is 13.4. The SMILES string of the molecule is O=c1[nH]c2ccc(O)cc2c(=O)n1CC1CCNC1. The second-order valence-electron chi connectivity index (χ2n) is 4.93. The third-order valence-electron chi connectivity index (χ3n) is 3.57. The van der Waals surface area contributed by atoms with Gasteiger partial charge in [0, 0.05) is 6.54 Å². The highest BCUT2D eigenvalue weighted by molar-refractivity contribution is 5.78. The third kappa shape index (κ3) is 2.15. The van der Waals surface area contributed by atoms with Gasteiger partial charge in [-0.15, -0.1) is 0 Å². The van der Waals surface area contributed by atoms with Gasteiger partial charge in [-0.2, -0.15) is 0 Å². The van der Waals surface area contributed by atoms with Gasteiger partial charge in [0.2, 0.25) is 0 Å². The summed E-state index contributed by atoms with van der Waals surface area (Å²) in [6.45, 7) is 2.16. The Labute approximate surface area is 108 Å². The summed E-state index contributed by atoms with van der Waals surface area (Å²) in [4.78, 5) is 26.9. The van der Waals surface area contributed by atoms with Crippen LogP contribution in [0.4, 0.5) is 0 Å². The fraction of sp³-hybridized carbons (Fsp3) is 0.385. The van der Waals surface area contributed by atoms with Crippen LogP contribution in [-0.4, -0.2) is 27.7 Å². The lowest BCUT2D eigenvalue weighted by atomic mass is 10.1. The van der Waals surface area contributed by atoms with Crippen LogP contribution in [0.1, 0.15) is 6.42 Å². The molecule has 0 saturated carbocycles.